The molecule has 0 aromatic heterocycles. The lowest BCUT2D eigenvalue weighted by Crippen LogP contribution is -2.16. The number of carbonyl (C=O) groups excluding carboxylic acids is 1. The molecule has 141 heavy (non-hydrogen) atoms. The van der Waals surface area contributed by atoms with Crippen molar-refractivity contribution in [1.29, 1.82) is 0 Å². The predicted octanol–water partition coefficient (Wildman–Crippen LogP) is 6.70. The van der Waals surface area contributed by atoms with Crippen LogP contribution in [0.3, 0.4) is 0 Å². The Labute approximate surface area is 844 Å². The fourth-order valence-electron chi connectivity index (χ4n) is 11.2. The van der Waals surface area contributed by atoms with Crippen LogP contribution in [0.5, 0.6) is 0 Å². The predicted molar refractivity (Wildman–Crippen MR) is 521 cm³/mol. The summed E-state index contributed by atoms with van der Waals surface area (Å²) in [4.78, 5) is 15.9. The van der Waals surface area contributed by atoms with E-state index in [0.717, 1.165) is 19.3 Å². The molecule has 844 valence electrons. The minimum absolute atomic E-state index is 0.139. The molecule has 0 aliphatic carbocycles. The summed E-state index contributed by atoms with van der Waals surface area (Å²) >= 11 is 0. The van der Waals surface area contributed by atoms with E-state index in [1.54, 1.807) is 0 Å². The van der Waals surface area contributed by atoms with Crippen LogP contribution < -0.4 is 0 Å². The van der Waals surface area contributed by atoms with Gasteiger partial charge in [-0.05, 0) is 32.1 Å². The molecule has 0 aromatic carbocycles. The van der Waals surface area contributed by atoms with Gasteiger partial charge < -0.3 is 189 Å². The molecule has 0 aromatic rings. The fourth-order valence-corrected chi connectivity index (χ4v) is 11.2. The molecular formula is C98H194O43. The van der Waals surface area contributed by atoms with Gasteiger partial charge in [-0.1, -0.05) is 70.4 Å². The molecule has 0 saturated carbocycles. The van der Waals surface area contributed by atoms with Gasteiger partial charge in [-0.15, -0.1) is 0 Å². The monoisotopic (exact) mass is 2060 g/mol. The first kappa shape index (κ1) is 139. The molecule has 0 heterocycles. The van der Waals surface area contributed by atoms with E-state index in [0.29, 0.717) is 522 Å². The lowest BCUT2D eigenvalue weighted by atomic mass is 10.1. The van der Waals surface area contributed by atoms with Gasteiger partial charge in [0.25, 0.3) is 0 Å². The van der Waals surface area contributed by atoms with Gasteiger partial charge in [0.1, 0.15) is 13.2 Å². The molecule has 0 bridgehead atoms. The van der Waals surface area contributed by atoms with Gasteiger partial charge in [-0.3, -0.25) is 10.1 Å². The van der Waals surface area contributed by atoms with E-state index in [2.05, 4.69) is 24.0 Å². The van der Waals surface area contributed by atoms with Crippen LogP contribution in [0.4, 0.5) is 0 Å². The van der Waals surface area contributed by atoms with Crippen molar-refractivity contribution in [3.63, 3.8) is 0 Å². The highest BCUT2D eigenvalue weighted by Crippen LogP contribution is 2.11. The van der Waals surface area contributed by atoms with E-state index in [4.69, 9.17) is 195 Å². The highest BCUT2D eigenvalue weighted by atomic mass is 17.1. The highest BCUT2D eigenvalue weighted by Gasteiger charge is 2.08. The molecule has 0 saturated heterocycles. The van der Waals surface area contributed by atoms with Gasteiger partial charge in [0, 0.05) is 6.42 Å². The maximum atomic E-state index is 12.0. The van der Waals surface area contributed by atoms with Crippen molar-refractivity contribution in [3.05, 3.63) is 12.2 Å². The maximum absolute atomic E-state index is 12.0. The number of ether oxygens (including phenoxy) is 40. The van der Waals surface area contributed by atoms with Crippen molar-refractivity contribution < 1.29 is 204 Å². The molecule has 0 atom stereocenters. The van der Waals surface area contributed by atoms with Crippen molar-refractivity contribution in [2.45, 2.75) is 96.8 Å². The topological polar surface area (TPSA) is 416 Å². The molecule has 0 aliphatic rings. The third-order valence-corrected chi connectivity index (χ3v) is 18.6. The highest BCUT2D eigenvalue weighted by molar-refractivity contribution is 5.69. The Bertz CT molecular complexity index is 2120. The zero-order valence-electron chi connectivity index (χ0n) is 86.7. The van der Waals surface area contributed by atoms with Crippen LogP contribution in [0.2, 0.25) is 0 Å². The Kier molecular flexibility index (Phi) is 133. The second-order valence-electron chi connectivity index (χ2n) is 30.3. The standard InChI is InChI=1S/C98H194O43/c1-2-3-4-5-6-7-8-9-10-11-12-13-14-15-16-17-98(99)140-96-94-138-92-90-136-88-86-134-84-82-132-80-78-130-76-74-128-72-70-126-68-66-124-64-62-122-60-58-120-56-54-118-52-50-116-48-46-114-44-42-112-40-38-110-36-34-108-32-30-106-28-26-104-24-22-102-20-18-101-19-21-103-23-25-105-27-29-107-31-33-109-35-37-111-39-41-113-43-45-115-47-49-117-51-53-119-55-57-121-59-61-123-63-65-125-67-69-127-71-73-129-75-77-131-79-81-133-83-85-135-87-89-137-91-93-139-95-97-141-100/h9-10,100H,2-8,11-97H2,1H3/b10-9-. The Balaban J connectivity index is 3.12. The van der Waals surface area contributed by atoms with Crippen molar-refractivity contribution in [3.8, 4) is 0 Å². The zero-order valence-corrected chi connectivity index (χ0v) is 86.7. The SMILES string of the molecule is CCCCCCCC/C=C\CCCCCCCC(=O)OCCOCCOCCOCCOCCOCCOCCOCCOCCOCCOCCOCCOCCOCCOCCOCCOCCOCCOCCOCCOCCOCCOCCOCCOCCOCCOCCOCCOCCOCCOCCOCCOCCOCCOCCOCCOCCOCCOCCOCCOO. The van der Waals surface area contributed by atoms with Crippen LogP contribution in [0, 0.1) is 0 Å². The summed E-state index contributed by atoms with van der Waals surface area (Å²) in [5.74, 6) is -0.151. The van der Waals surface area contributed by atoms with E-state index in [1.165, 1.54) is 64.2 Å². The molecule has 0 radical (unpaired) electrons. The molecule has 0 amide bonds. The smallest absolute Gasteiger partial charge is 0.305 e. The van der Waals surface area contributed by atoms with E-state index in [1.807, 2.05) is 0 Å². The van der Waals surface area contributed by atoms with Gasteiger partial charge in [-0.25, -0.2) is 4.89 Å². The van der Waals surface area contributed by atoms with Gasteiger partial charge in [-0.2, -0.15) is 0 Å². The summed E-state index contributed by atoms with van der Waals surface area (Å²) in [5.41, 5.74) is 0. The zero-order chi connectivity index (χ0) is 100. The van der Waals surface area contributed by atoms with Crippen LogP contribution in [0.15, 0.2) is 12.2 Å². The summed E-state index contributed by atoms with van der Waals surface area (Å²) in [7, 11) is 0. The quantitative estimate of drug-likeness (QED) is 0.0217. The Morgan fingerprint density at radius 2 is 0.248 bits per heavy atom. The summed E-state index contributed by atoms with van der Waals surface area (Å²) in [6, 6.07) is 0. The minimum Gasteiger partial charge on any atom is -0.463 e. The number of carbonyl (C=O) groups is 1. The van der Waals surface area contributed by atoms with Crippen LogP contribution in [0.1, 0.15) is 96.8 Å². The average molecular weight is 2060 g/mol. The number of hydrogen-bond donors (Lipinski definition) is 1. The van der Waals surface area contributed by atoms with Crippen molar-refractivity contribution >= 4 is 5.97 Å². The second kappa shape index (κ2) is 136. The minimum atomic E-state index is -0.151. The normalized spacial score (nSPS) is 11.9. The molecule has 0 unspecified atom stereocenters. The summed E-state index contributed by atoms with van der Waals surface area (Å²) in [6.45, 7) is 39.3. The van der Waals surface area contributed by atoms with Gasteiger partial charge >= 0.3 is 5.97 Å². The van der Waals surface area contributed by atoms with Crippen LogP contribution in [0.25, 0.3) is 0 Å². The third kappa shape index (κ3) is 136. The summed E-state index contributed by atoms with van der Waals surface area (Å²) in [6.07, 6.45) is 21.2. The molecular weight excluding hydrogens is 1870 g/mol. The van der Waals surface area contributed by atoms with E-state index in [-0.39, 0.29) is 19.2 Å². The average Bonchev–Trinajstić information content (AvgIpc) is 1.04. The van der Waals surface area contributed by atoms with Crippen LogP contribution >= 0.6 is 0 Å². The first-order chi connectivity index (χ1) is 70.3. The van der Waals surface area contributed by atoms with Crippen LogP contribution in [-0.4, -0.2) is 540 Å². The first-order valence-corrected chi connectivity index (χ1v) is 51.9. The van der Waals surface area contributed by atoms with Gasteiger partial charge in [0.15, 0.2) is 0 Å². The molecule has 43 heteroatoms. The molecule has 1 N–H and O–H groups in total. The second-order valence-corrected chi connectivity index (χ2v) is 30.3. The number of unbranched alkanes of at least 4 members (excludes halogenated alkanes) is 11. The molecule has 0 spiro atoms. The van der Waals surface area contributed by atoms with E-state index in [9.17, 15) is 4.79 Å². The molecule has 43 nitrogen and oxygen atoms in total. The lowest BCUT2D eigenvalue weighted by Gasteiger charge is -2.09. The van der Waals surface area contributed by atoms with Crippen molar-refractivity contribution in [2.75, 3.05) is 529 Å². The molecule has 0 fully saturated rings. The third-order valence-electron chi connectivity index (χ3n) is 18.6. The first-order valence-electron chi connectivity index (χ1n) is 51.9. The molecule has 0 rings (SSSR count). The largest absolute Gasteiger partial charge is 0.463 e. The number of hydrogen-bond acceptors (Lipinski definition) is 43. The fraction of sp³-hybridized carbons (Fsp3) is 0.969. The number of esters is 1. The molecule has 0 aliphatic heterocycles. The van der Waals surface area contributed by atoms with Crippen molar-refractivity contribution in [2.24, 2.45) is 0 Å². The number of allylic oxidation sites excluding steroid dienone is 2. The lowest BCUT2D eigenvalue weighted by molar-refractivity contribution is -0.249. The maximum Gasteiger partial charge on any atom is 0.305 e. The van der Waals surface area contributed by atoms with Gasteiger partial charge in [0.05, 0.1) is 515 Å². The van der Waals surface area contributed by atoms with E-state index >= 15 is 0 Å². The number of rotatable bonds is 135. The van der Waals surface area contributed by atoms with Crippen LogP contribution in [-0.2, 0) is 199 Å². The van der Waals surface area contributed by atoms with Crippen molar-refractivity contribution in [1.82, 2.24) is 0 Å². The Morgan fingerprint density at radius 3 is 0.376 bits per heavy atom. The Hall–Kier alpha value is -2.43. The van der Waals surface area contributed by atoms with E-state index < -0.39 is 0 Å². The summed E-state index contributed by atoms with van der Waals surface area (Å²) < 4.78 is 221. The Morgan fingerprint density at radius 1 is 0.142 bits per heavy atom. The van der Waals surface area contributed by atoms with Gasteiger partial charge in [0.2, 0.25) is 0 Å². The summed E-state index contributed by atoms with van der Waals surface area (Å²) in [5, 5.41) is 8.19.